The molecule has 0 aliphatic carbocycles. The number of carbonyl (C=O) groups is 1. The van der Waals surface area contributed by atoms with E-state index in [1.165, 1.54) is 12.1 Å². The maximum Gasteiger partial charge on any atom is 0.423 e. The monoisotopic (exact) mass is 369 g/mol. The number of pyridine rings is 1. The number of hydrogen-bond acceptors (Lipinski definition) is 6. The molecule has 1 heterocycles. The summed E-state index contributed by atoms with van der Waals surface area (Å²) in [7, 11) is -3.54. The van der Waals surface area contributed by atoms with Crippen LogP contribution in [0.25, 0.3) is 0 Å². The number of alkyl halides is 3. The van der Waals surface area contributed by atoms with E-state index in [4.69, 9.17) is 15.6 Å². The summed E-state index contributed by atoms with van der Waals surface area (Å²) in [5, 5.41) is 18.7. The Hall–Kier alpha value is -1.72. The van der Waals surface area contributed by atoms with Crippen molar-refractivity contribution >= 4 is 15.7 Å². The van der Waals surface area contributed by atoms with Gasteiger partial charge in [-0.15, -0.1) is 0 Å². The number of nitrogens with two attached hydrogens (primary N) is 1. The molecule has 0 aliphatic rings. The molecule has 7 nitrogen and oxygen atoms in total. The van der Waals surface area contributed by atoms with Gasteiger partial charge in [0.05, 0.1) is 5.69 Å². The Labute approximate surface area is 136 Å². The Morgan fingerprint density at radius 2 is 2.00 bits per heavy atom. The number of nitrogens with zero attached hydrogens (tertiary/aromatic N) is 1. The van der Waals surface area contributed by atoms with E-state index in [1.807, 2.05) is 0 Å². The molecule has 0 amide bonds. The second-order valence-electron chi connectivity index (χ2n) is 5.28. The third-order valence-electron chi connectivity index (χ3n) is 3.43. The zero-order valence-electron chi connectivity index (χ0n) is 12.5. The molecule has 0 saturated heterocycles. The van der Waals surface area contributed by atoms with Crippen LogP contribution in [-0.4, -0.2) is 49.1 Å². The molecular formula is C13H18F3N3O4S. The van der Waals surface area contributed by atoms with Crippen LogP contribution in [0.5, 0.6) is 0 Å². The van der Waals surface area contributed by atoms with Crippen LogP contribution < -0.4 is 5.73 Å². The molecule has 1 rings (SSSR count). The first-order chi connectivity index (χ1) is 10.9. The van der Waals surface area contributed by atoms with E-state index in [-0.39, 0.29) is 6.42 Å². The maximum atomic E-state index is 13.2. The van der Waals surface area contributed by atoms with Gasteiger partial charge in [-0.2, -0.15) is 13.2 Å². The predicted octanol–water partition coefficient (Wildman–Crippen LogP) is 1.07. The van der Waals surface area contributed by atoms with Crippen molar-refractivity contribution in [3.05, 3.63) is 30.1 Å². The Kier molecular flexibility index (Phi) is 6.31. The average Bonchev–Trinajstić information content (AvgIpc) is 2.50. The molecule has 3 atom stereocenters. The molecule has 5 N–H and O–H groups in total. The lowest BCUT2D eigenvalue weighted by atomic mass is 9.95. The van der Waals surface area contributed by atoms with Gasteiger partial charge in [0.25, 0.3) is 0 Å². The quantitative estimate of drug-likeness (QED) is 0.541. The lowest BCUT2D eigenvalue weighted by Crippen LogP contribution is -2.44. The summed E-state index contributed by atoms with van der Waals surface area (Å²) < 4.78 is 59.4. The number of nitrogens with one attached hydrogen (secondary N) is 1. The molecular weight excluding hydrogens is 351 g/mol. The first-order valence-corrected chi connectivity index (χ1v) is 8.72. The number of carboxylic acids is 1. The van der Waals surface area contributed by atoms with E-state index in [0.717, 1.165) is 12.3 Å². The summed E-state index contributed by atoms with van der Waals surface area (Å²) in [6.45, 7) is 0. The second-order valence-corrected chi connectivity index (χ2v) is 7.72. The second kappa shape index (κ2) is 7.45. The fourth-order valence-corrected chi connectivity index (χ4v) is 3.34. The largest absolute Gasteiger partial charge is 0.480 e. The van der Waals surface area contributed by atoms with Crippen molar-refractivity contribution in [3.63, 3.8) is 0 Å². The van der Waals surface area contributed by atoms with Crippen molar-refractivity contribution in [2.45, 2.75) is 30.7 Å². The minimum atomic E-state index is -5.08. The molecule has 0 fully saturated rings. The molecule has 0 saturated carbocycles. The highest BCUT2D eigenvalue weighted by molar-refractivity contribution is 7.92. The number of carboxylic acid groups (broad SMARTS) is 1. The highest BCUT2D eigenvalue weighted by atomic mass is 32.2. The summed E-state index contributed by atoms with van der Waals surface area (Å²) in [6, 6.07) is 2.28. The van der Waals surface area contributed by atoms with Gasteiger partial charge in [0.1, 0.15) is 6.04 Å². The van der Waals surface area contributed by atoms with Crippen molar-refractivity contribution in [2.75, 3.05) is 11.5 Å². The molecule has 0 bridgehead atoms. The van der Waals surface area contributed by atoms with Gasteiger partial charge in [-0.25, -0.2) is 4.21 Å². The Morgan fingerprint density at radius 1 is 1.38 bits per heavy atom. The normalized spacial score (nSPS) is 18.4. The SMILES string of the molecule is N=S(=O)(CC[C@H](N)C(=O)O)CCC(O)(c1ccccn1)C(F)(F)F. The fraction of sp³-hybridized carbons (Fsp3) is 0.538. The van der Waals surface area contributed by atoms with Gasteiger partial charge < -0.3 is 15.9 Å². The van der Waals surface area contributed by atoms with Crippen molar-refractivity contribution < 1.29 is 32.4 Å². The van der Waals surface area contributed by atoms with Crippen LogP contribution in [0.15, 0.2) is 24.4 Å². The van der Waals surface area contributed by atoms with E-state index in [2.05, 4.69) is 4.98 Å². The molecule has 136 valence electrons. The van der Waals surface area contributed by atoms with Gasteiger partial charge in [-0.3, -0.25) is 14.6 Å². The topological polar surface area (TPSA) is 137 Å². The standard InChI is InChI=1S/C13H18F3N3O4S/c14-13(15,16)12(22,10-3-1-2-6-19-10)5-8-24(18,23)7-4-9(17)11(20)21/h1-3,6,9,18,22H,4-5,7-8,17H2,(H,20,21)/t9-,12?,24?/m0/s1. The van der Waals surface area contributed by atoms with Crippen LogP contribution in [0.3, 0.4) is 0 Å². The van der Waals surface area contributed by atoms with Crippen molar-refractivity contribution in [2.24, 2.45) is 5.73 Å². The number of aromatic nitrogens is 1. The molecule has 0 aliphatic heterocycles. The molecule has 24 heavy (non-hydrogen) atoms. The number of halogens is 3. The van der Waals surface area contributed by atoms with E-state index in [0.29, 0.717) is 0 Å². The number of hydrogen-bond donors (Lipinski definition) is 4. The first kappa shape index (κ1) is 20.3. The number of rotatable bonds is 8. The van der Waals surface area contributed by atoms with Crippen LogP contribution in [0.2, 0.25) is 0 Å². The minimum absolute atomic E-state index is 0.314. The Morgan fingerprint density at radius 3 is 2.46 bits per heavy atom. The van der Waals surface area contributed by atoms with Crippen LogP contribution in [-0.2, 0) is 20.1 Å². The van der Waals surface area contributed by atoms with Crippen LogP contribution in [0.1, 0.15) is 18.5 Å². The molecule has 0 aromatic carbocycles. The molecule has 0 radical (unpaired) electrons. The highest BCUT2D eigenvalue weighted by Crippen LogP contribution is 2.40. The van der Waals surface area contributed by atoms with Gasteiger partial charge in [-0.1, -0.05) is 6.07 Å². The van der Waals surface area contributed by atoms with Gasteiger partial charge in [-0.05, 0) is 18.6 Å². The van der Waals surface area contributed by atoms with Crippen molar-refractivity contribution in [1.82, 2.24) is 4.98 Å². The van der Waals surface area contributed by atoms with Gasteiger partial charge in [0.15, 0.2) is 0 Å². The fourth-order valence-electron chi connectivity index (χ4n) is 1.88. The van der Waals surface area contributed by atoms with Crippen molar-refractivity contribution in [1.29, 1.82) is 4.78 Å². The predicted molar refractivity (Wildman–Crippen MR) is 79.6 cm³/mol. The molecule has 1 aromatic rings. The summed E-state index contributed by atoms with van der Waals surface area (Å²) in [5.74, 6) is -2.60. The molecule has 0 spiro atoms. The summed E-state index contributed by atoms with van der Waals surface area (Å²) in [5.41, 5.74) is 1.22. The zero-order valence-corrected chi connectivity index (χ0v) is 13.3. The van der Waals surface area contributed by atoms with E-state index < -0.39 is 57.1 Å². The van der Waals surface area contributed by atoms with Crippen LogP contribution >= 0.6 is 0 Å². The zero-order chi connectivity index (χ0) is 18.6. The third-order valence-corrected chi connectivity index (χ3v) is 5.19. The van der Waals surface area contributed by atoms with Gasteiger partial charge in [0, 0.05) is 33.9 Å². The smallest absolute Gasteiger partial charge is 0.423 e. The first-order valence-electron chi connectivity index (χ1n) is 6.82. The summed E-state index contributed by atoms with van der Waals surface area (Å²) in [4.78, 5) is 14.1. The Bertz CT molecular complexity index is 667. The summed E-state index contributed by atoms with van der Waals surface area (Å²) in [6.07, 6.45) is -5.34. The molecule has 2 unspecified atom stereocenters. The molecule has 11 heteroatoms. The van der Waals surface area contributed by atoms with E-state index in [9.17, 15) is 27.3 Å². The highest BCUT2D eigenvalue weighted by Gasteiger charge is 2.55. The third kappa shape index (κ3) is 5.14. The minimum Gasteiger partial charge on any atom is -0.480 e. The van der Waals surface area contributed by atoms with Crippen LogP contribution in [0.4, 0.5) is 13.2 Å². The lowest BCUT2D eigenvalue weighted by molar-refractivity contribution is -0.268. The van der Waals surface area contributed by atoms with Crippen molar-refractivity contribution in [3.8, 4) is 0 Å². The van der Waals surface area contributed by atoms with E-state index in [1.54, 1.807) is 0 Å². The van der Waals surface area contributed by atoms with E-state index >= 15 is 0 Å². The van der Waals surface area contributed by atoms with Crippen LogP contribution in [0, 0.1) is 4.78 Å². The average molecular weight is 369 g/mol. The number of aliphatic hydroxyl groups is 1. The van der Waals surface area contributed by atoms with Gasteiger partial charge >= 0.3 is 12.1 Å². The maximum absolute atomic E-state index is 13.2. The lowest BCUT2D eigenvalue weighted by Gasteiger charge is -2.30. The molecule has 1 aromatic heterocycles. The summed E-state index contributed by atoms with van der Waals surface area (Å²) >= 11 is 0. The Balaban J connectivity index is 2.88. The number of aliphatic carboxylic acids is 1. The van der Waals surface area contributed by atoms with Gasteiger partial charge in [0.2, 0.25) is 5.60 Å².